The van der Waals surface area contributed by atoms with Crippen molar-refractivity contribution in [2.45, 2.75) is 46.1 Å². The molecule has 0 bridgehead atoms. The normalized spacial score (nSPS) is 11.1. The van der Waals surface area contributed by atoms with Crippen LogP contribution in [0.4, 0.5) is 0 Å². The zero-order chi connectivity index (χ0) is 15.3. The highest BCUT2D eigenvalue weighted by Crippen LogP contribution is 2.21. The standard InChI is InChI=1S/C16H23NO3/c1-6-16(3,4)17-15(19)10-13-9-12(11(2)18)7-8-14(13)20-5/h7-9H,6,10H2,1-5H3,(H,17,19). The number of carbonyl (C=O) groups excluding carboxylic acids is 2. The molecule has 0 unspecified atom stereocenters. The summed E-state index contributed by atoms with van der Waals surface area (Å²) in [6.45, 7) is 7.49. The van der Waals surface area contributed by atoms with E-state index in [-0.39, 0.29) is 23.7 Å². The Morgan fingerprint density at radius 1 is 1.30 bits per heavy atom. The summed E-state index contributed by atoms with van der Waals surface area (Å²) in [7, 11) is 1.56. The van der Waals surface area contributed by atoms with E-state index in [1.54, 1.807) is 25.3 Å². The molecule has 0 saturated heterocycles. The van der Waals surface area contributed by atoms with Gasteiger partial charge < -0.3 is 10.1 Å². The number of ketones is 1. The third kappa shape index (κ3) is 4.37. The predicted octanol–water partition coefficient (Wildman–Crippen LogP) is 2.75. The molecule has 0 aliphatic carbocycles. The largest absolute Gasteiger partial charge is 0.496 e. The Bertz CT molecular complexity index is 506. The first-order chi connectivity index (χ1) is 9.29. The Kier molecular flexibility index (Phi) is 5.31. The van der Waals surface area contributed by atoms with Gasteiger partial charge in [-0.1, -0.05) is 6.92 Å². The monoisotopic (exact) mass is 277 g/mol. The predicted molar refractivity (Wildman–Crippen MR) is 79.2 cm³/mol. The zero-order valence-electron chi connectivity index (χ0n) is 12.9. The van der Waals surface area contributed by atoms with Crippen LogP contribution in [0.2, 0.25) is 0 Å². The zero-order valence-corrected chi connectivity index (χ0v) is 12.9. The molecule has 0 aliphatic heterocycles. The van der Waals surface area contributed by atoms with E-state index in [0.717, 1.165) is 12.0 Å². The van der Waals surface area contributed by atoms with Crippen molar-refractivity contribution in [3.05, 3.63) is 29.3 Å². The molecule has 1 amide bonds. The van der Waals surface area contributed by atoms with E-state index in [0.29, 0.717) is 11.3 Å². The van der Waals surface area contributed by atoms with Gasteiger partial charge in [-0.3, -0.25) is 9.59 Å². The van der Waals surface area contributed by atoms with Crippen LogP contribution in [0.15, 0.2) is 18.2 Å². The molecule has 4 nitrogen and oxygen atoms in total. The van der Waals surface area contributed by atoms with Crippen molar-refractivity contribution in [3.63, 3.8) is 0 Å². The lowest BCUT2D eigenvalue weighted by atomic mass is 10.0. The number of rotatable bonds is 6. The van der Waals surface area contributed by atoms with Crippen LogP contribution in [0.1, 0.15) is 50.0 Å². The van der Waals surface area contributed by atoms with Crippen molar-refractivity contribution in [2.75, 3.05) is 7.11 Å². The number of hydrogen-bond acceptors (Lipinski definition) is 3. The Morgan fingerprint density at radius 2 is 1.95 bits per heavy atom. The Hall–Kier alpha value is -1.84. The number of Topliss-reactive ketones (excluding diaryl/α,β-unsaturated/α-hetero) is 1. The van der Waals surface area contributed by atoms with Gasteiger partial charge in [-0.25, -0.2) is 0 Å². The summed E-state index contributed by atoms with van der Waals surface area (Å²) < 4.78 is 5.25. The third-order valence-electron chi connectivity index (χ3n) is 3.40. The maximum atomic E-state index is 12.1. The first kappa shape index (κ1) is 16.2. The average molecular weight is 277 g/mol. The molecule has 1 aromatic carbocycles. The molecule has 0 fully saturated rings. The van der Waals surface area contributed by atoms with Gasteiger partial charge in [0.25, 0.3) is 0 Å². The minimum Gasteiger partial charge on any atom is -0.496 e. The van der Waals surface area contributed by atoms with Crippen LogP contribution in [0.3, 0.4) is 0 Å². The van der Waals surface area contributed by atoms with Gasteiger partial charge in [0, 0.05) is 16.7 Å². The summed E-state index contributed by atoms with van der Waals surface area (Å²) in [6, 6.07) is 5.16. The van der Waals surface area contributed by atoms with Gasteiger partial charge in [-0.2, -0.15) is 0 Å². The molecule has 1 rings (SSSR count). The SMILES string of the molecule is CCC(C)(C)NC(=O)Cc1cc(C(C)=O)ccc1OC. The van der Waals surface area contributed by atoms with Crippen molar-refractivity contribution in [1.82, 2.24) is 5.32 Å². The lowest BCUT2D eigenvalue weighted by Crippen LogP contribution is -2.43. The van der Waals surface area contributed by atoms with E-state index in [1.165, 1.54) is 6.92 Å². The maximum absolute atomic E-state index is 12.1. The van der Waals surface area contributed by atoms with Crippen molar-refractivity contribution in [2.24, 2.45) is 0 Å². The minimum atomic E-state index is -0.234. The lowest BCUT2D eigenvalue weighted by Gasteiger charge is -2.24. The minimum absolute atomic E-state index is 0.0248. The van der Waals surface area contributed by atoms with Crippen LogP contribution in [0, 0.1) is 0 Å². The van der Waals surface area contributed by atoms with Crippen LogP contribution in [0.25, 0.3) is 0 Å². The Balaban J connectivity index is 2.92. The molecule has 4 heteroatoms. The van der Waals surface area contributed by atoms with Crippen LogP contribution >= 0.6 is 0 Å². The molecule has 0 radical (unpaired) electrons. The van der Waals surface area contributed by atoms with Crippen molar-refractivity contribution in [3.8, 4) is 5.75 Å². The van der Waals surface area contributed by atoms with E-state index in [4.69, 9.17) is 4.74 Å². The summed E-state index contributed by atoms with van der Waals surface area (Å²) in [6.07, 6.45) is 1.05. The molecule has 0 spiro atoms. The molecule has 0 heterocycles. The van der Waals surface area contributed by atoms with Crippen LogP contribution < -0.4 is 10.1 Å². The fourth-order valence-electron chi connectivity index (χ4n) is 1.82. The number of ether oxygens (including phenoxy) is 1. The van der Waals surface area contributed by atoms with Crippen LogP contribution in [-0.4, -0.2) is 24.3 Å². The maximum Gasteiger partial charge on any atom is 0.224 e. The second-order valence-corrected chi connectivity index (χ2v) is 5.55. The molecule has 110 valence electrons. The first-order valence-electron chi connectivity index (χ1n) is 6.78. The lowest BCUT2D eigenvalue weighted by molar-refractivity contribution is -0.122. The van der Waals surface area contributed by atoms with Crippen LogP contribution in [0.5, 0.6) is 5.75 Å². The number of nitrogens with one attached hydrogen (secondary N) is 1. The number of amides is 1. The fraction of sp³-hybridized carbons (Fsp3) is 0.500. The number of carbonyl (C=O) groups is 2. The van der Waals surface area contributed by atoms with Crippen LogP contribution in [-0.2, 0) is 11.2 Å². The highest BCUT2D eigenvalue weighted by atomic mass is 16.5. The van der Waals surface area contributed by atoms with Gasteiger partial charge in [-0.15, -0.1) is 0 Å². The van der Waals surface area contributed by atoms with Crippen molar-refractivity contribution >= 4 is 11.7 Å². The summed E-state index contributed by atoms with van der Waals surface area (Å²) in [5, 5.41) is 2.98. The molecule has 0 saturated carbocycles. The van der Waals surface area contributed by atoms with Gasteiger partial charge in [-0.05, 0) is 45.4 Å². The summed E-state index contributed by atoms with van der Waals surface area (Å²) in [5.74, 6) is 0.526. The van der Waals surface area contributed by atoms with Gasteiger partial charge >= 0.3 is 0 Å². The van der Waals surface area contributed by atoms with Crippen molar-refractivity contribution in [1.29, 1.82) is 0 Å². The number of hydrogen-bond donors (Lipinski definition) is 1. The Morgan fingerprint density at radius 3 is 2.45 bits per heavy atom. The fourth-order valence-corrected chi connectivity index (χ4v) is 1.82. The molecule has 0 aliphatic rings. The van der Waals surface area contributed by atoms with E-state index in [2.05, 4.69) is 5.32 Å². The quantitative estimate of drug-likeness (QED) is 0.813. The van der Waals surface area contributed by atoms with E-state index >= 15 is 0 Å². The first-order valence-corrected chi connectivity index (χ1v) is 6.78. The smallest absolute Gasteiger partial charge is 0.224 e. The summed E-state index contributed by atoms with van der Waals surface area (Å²) >= 11 is 0. The summed E-state index contributed by atoms with van der Waals surface area (Å²) in [5.41, 5.74) is 1.08. The number of methoxy groups -OCH3 is 1. The Labute approximate surface area is 120 Å². The van der Waals surface area contributed by atoms with E-state index in [1.807, 2.05) is 20.8 Å². The second-order valence-electron chi connectivity index (χ2n) is 5.55. The second kappa shape index (κ2) is 6.55. The van der Waals surface area contributed by atoms with Gasteiger partial charge in [0.05, 0.1) is 13.5 Å². The van der Waals surface area contributed by atoms with E-state index in [9.17, 15) is 9.59 Å². The molecule has 0 aromatic heterocycles. The van der Waals surface area contributed by atoms with Gasteiger partial charge in [0.15, 0.2) is 5.78 Å². The highest BCUT2D eigenvalue weighted by molar-refractivity contribution is 5.94. The number of benzene rings is 1. The van der Waals surface area contributed by atoms with Gasteiger partial charge in [0.2, 0.25) is 5.91 Å². The van der Waals surface area contributed by atoms with E-state index < -0.39 is 0 Å². The topological polar surface area (TPSA) is 55.4 Å². The molecular weight excluding hydrogens is 254 g/mol. The highest BCUT2D eigenvalue weighted by Gasteiger charge is 2.19. The molecular formula is C16H23NO3. The molecule has 1 aromatic rings. The average Bonchev–Trinajstić information content (AvgIpc) is 2.37. The summed E-state index contributed by atoms with van der Waals surface area (Å²) in [4.78, 5) is 23.5. The van der Waals surface area contributed by atoms with Crippen molar-refractivity contribution < 1.29 is 14.3 Å². The third-order valence-corrected chi connectivity index (χ3v) is 3.40. The van der Waals surface area contributed by atoms with Gasteiger partial charge in [0.1, 0.15) is 5.75 Å². The molecule has 0 atom stereocenters. The molecule has 1 N–H and O–H groups in total. The molecule has 20 heavy (non-hydrogen) atoms.